The highest BCUT2D eigenvalue weighted by Gasteiger charge is 2.06. The van der Waals surface area contributed by atoms with Gasteiger partial charge in [0.2, 0.25) is 0 Å². The lowest BCUT2D eigenvalue weighted by Gasteiger charge is -2.05. The summed E-state index contributed by atoms with van der Waals surface area (Å²) in [6.07, 6.45) is 5.18. The Kier molecular flexibility index (Phi) is 4.21. The maximum absolute atomic E-state index is 6.01. The van der Waals surface area contributed by atoms with E-state index in [9.17, 15) is 0 Å². The van der Waals surface area contributed by atoms with Gasteiger partial charge in [0.05, 0.1) is 9.26 Å². The lowest BCUT2D eigenvalue weighted by atomic mass is 10.2. The minimum atomic E-state index is 0.188. The van der Waals surface area contributed by atoms with Gasteiger partial charge in [-0.2, -0.15) is 0 Å². The summed E-state index contributed by atoms with van der Waals surface area (Å²) in [5, 5.41) is 0.188. The average molecular weight is 297 g/mol. The summed E-state index contributed by atoms with van der Waals surface area (Å²) in [7, 11) is 0. The maximum Gasteiger partial charge on any atom is 0.115 e. The number of aromatic nitrogens is 2. The molecule has 1 heterocycles. The van der Waals surface area contributed by atoms with Gasteiger partial charge < -0.3 is 0 Å². The summed E-state index contributed by atoms with van der Waals surface area (Å²) in [6, 6.07) is 0. The number of hydrogen-bond donors (Lipinski definition) is 0. The number of rotatable bonds is 3. The van der Waals surface area contributed by atoms with Crippen molar-refractivity contribution in [2.45, 2.75) is 25.1 Å². The van der Waals surface area contributed by atoms with E-state index < -0.39 is 0 Å². The predicted molar refractivity (Wildman–Crippen MR) is 58.4 cm³/mol. The summed E-state index contributed by atoms with van der Waals surface area (Å²) in [6.45, 7) is 2.08. The van der Waals surface area contributed by atoms with Crippen molar-refractivity contribution in [3.8, 4) is 0 Å². The quantitative estimate of drug-likeness (QED) is 0.633. The average Bonchev–Trinajstić information content (AvgIpc) is 2.09. The van der Waals surface area contributed by atoms with Crippen molar-refractivity contribution in [3.05, 3.63) is 21.8 Å². The van der Waals surface area contributed by atoms with Gasteiger partial charge >= 0.3 is 0 Å². The predicted octanol–water partition coefficient (Wildman–Crippen LogP) is 2.64. The highest BCUT2D eigenvalue weighted by Crippen LogP contribution is 2.13. The van der Waals surface area contributed by atoms with Crippen LogP contribution in [0.1, 0.15) is 19.0 Å². The Morgan fingerprint density at radius 3 is 3.00 bits per heavy atom. The fourth-order valence-corrected chi connectivity index (χ4v) is 1.51. The van der Waals surface area contributed by atoms with E-state index in [1.165, 1.54) is 0 Å². The topological polar surface area (TPSA) is 25.8 Å². The molecule has 66 valence electrons. The SMILES string of the molecule is CCC(Cl)Cc1ncncc1I. The molecule has 0 N–H and O–H groups in total. The van der Waals surface area contributed by atoms with E-state index in [-0.39, 0.29) is 5.38 Å². The van der Waals surface area contributed by atoms with Crippen molar-refractivity contribution in [3.63, 3.8) is 0 Å². The fourth-order valence-electron chi connectivity index (χ4n) is 0.842. The van der Waals surface area contributed by atoms with Gasteiger partial charge in [0.1, 0.15) is 6.33 Å². The van der Waals surface area contributed by atoms with Gasteiger partial charge in [0.15, 0.2) is 0 Å². The van der Waals surface area contributed by atoms with Crippen LogP contribution in [-0.2, 0) is 6.42 Å². The highest BCUT2D eigenvalue weighted by atomic mass is 127. The Balaban J connectivity index is 2.69. The van der Waals surface area contributed by atoms with Gasteiger partial charge in [-0.05, 0) is 29.0 Å². The van der Waals surface area contributed by atoms with Crippen molar-refractivity contribution in [1.82, 2.24) is 9.97 Å². The number of nitrogens with zero attached hydrogens (tertiary/aromatic N) is 2. The number of hydrogen-bond acceptors (Lipinski definition) is 2. The molecular weight excluding hydrogens is 286 g/mol. The molecule has 0 amide bonds. The largest absolute Gasteiger partial charge is 0.244 e. The summed E-state index contributed by atoms with van der Waals surface area (Å²) in [5.41, 5.74) is 1.05. The molecule has 2 nitrogen and oxygen atoms in total. The lowest BCUT2D eigenvalue weighted by molar-refractivity contribution is 0.778. The zero-order valence-corrected chi connectivity index (χ0v) is 9.71. The first-order chi connectivity index (χ1) is 5.74. The van der Waals surface area contributed by atoms with Gasteiger partial charge in [-0.3, -0.25) is 0 Å². The first-order valence-electron chi connectivity index (χ1n) is 3.82. The molecule has 0 saturated heterocycles. The molecule has 1 aromatic rings. The summed E-state index contributed by atoms with van der Waals surface area (Å²) >= 11 is 8.23. The number of halogens is 2. The van der Waals surface area contributed by atoms with Crippen LogP contribution in [0.25, 0.3) is 0 Å². The molecule has 0 spiro atoms. The van der Waals surface area contributed by atoms with Crippen LogP contribution < -0.4 is 0 Å². The second kappa shape index (κ2) is 4.97. The number of alkyl halides is 1. The van der Waals surface area contributed by atoms with Crippen molar-refractivity contribution in [1.29, 1.82) is 0 Å². The van der Waals surface area contributed by atoms with E-state index in [0.29, 0.717) is 0 Å². The highest BCUT2D eigenvalue weighted by molar-refractivity contribution is 14.1. The summed E-state index contributed by atoms with van der Waals surface area (Å²) in [4.78, 5) is 8.08. The molecule has 4 heteroatoms. The molecule has 1 rings (SSSR count). The Bertz CT molecular complexity index is 255. The third-order valence-corrected chi connectivity index (χ3v) is 2.97. The van der Waals surface area contributed by atoms with Crippen LogP contribution in [0, 0.1) is 3.57 Å². The molecule has 0 aliphatic heterocycles. The normalized spacial score (nSPS) is 12.9. The zero-order chi connectivity index (χ0) is 8.97. The van der Waals surface area contributed by atoms with Crippen LogP contribution >= 0.6 is 34.2 Å². The van der Waals surface area contributed by atoms with E-state index >= 15 is 0 Å². The molecular formula is C8H10ClIN2. The van der Waals surface area contributed by atoms with Crippen LogP contribution in [0.5, 0.6) is 0 Å². The van der Waals surface area contributed by atoms with Gasteiger partial charge in [0, 0.05) is 18.0 Å². The molecule has 12 heavy (non-hydrogen) atoms. The molecule has 1 aromatic heterocycles. The minimum Gasteiger partial charge on any atom is -0.244 e. The van der Waals surface area contributed by atoms with Crippen molar-refractivity contribution >= 4 is 34.2 Å². The minimum absolute atomic E-state index is 0.188. The van der Waals surface area contributed by atoms with E-state index in [4.69, 9.17) is 11.6 Å². The summed E-state index contributed by atoms with van der Waals surface area (Å²) in [5.74, 6) is 0. The smallest absolute Gasteiger partial charge is 0.115 e. The van der Waals surface area contributed by atoms with Crippen LogP contribution in [0.4, 0.5) is 0 Å². The molecule has 0 aromatic carbocycles. The molecule has 0 aliphatic carbocycles. The van der Waals surface area contributed by atoms with Crippen molar-refractivity contribution in [2.75, 3.05) is 0 Å². The van der Waals surface area contributed by atoms with Crippen LogP contribution in [0.15, 0.2) is 12.5 Å². The Labute approximate surface area is 90.9 Å². The lowest BCUT2D eigenvalue weighted by Crippen LogP contribution is -2.05. The third kappa shape index (κ3) is 2.86. The molecule has 1 atom stereocenters. The summed E-state index contributed by atoms with van der Waals surface area (Å²) < 4.78 is 1.09. The monoisotopic (exact) mass is 296 g/mol. The molecule has 0 saturated carbocycles. The van der Waals surface area contributed by atoms with Crippen LogP contribution in [0.3, 0.4) is 0 Å². The van der Waals surface area contributed by atoms with E-state index in [0.717, 1.165) is 22.1 Å². The van der Waals surface area contributed by atoms with Crippen molar-refractivity contribution in [2.24, 2.45) is 0 Å². The Hall–Kier alpha value is 0.100. The van der Waals surface area contributed by atoms with Crippen molar-refractivity contribution < 1.29 is 0 Å². The molecule has 0 bridgehead atoms. The van der Waals surface area contributed by atoms with Gasteiger partial charge in [0.25, 0.3) is 0 Å². The molecule has 0 aliphatic rings. The van der Waals surface area contributed by atoms with E-state index in [1.54, 1.807) is 6.33 Å². The fraction of sp³-hybridized carbons (Fsp3) is 0.500. The maximum atomic E-state index is 6.01. The van der Waals surface area contributed by atoms with E-state index in [1.807, 2.05) is 6.20 Å². The Morgan fingerprint density at radius 1 is 1.67 bits per heavy atom. The van der Waals surface area contributed by atoms with Gasteiger partial charge in [-0.25, -0.2) is 9.97 Å². The second-order valence-corrected chi connectivity index (χ2v) is 4.31. The molecule has 0 fully saturated rings. The standard InChI is InChI=1S/C8H10ClIN2/c1-2-6(9)3-8-7(10)4-11-5-12-8/h4-6H,2-3H2,1H3. The third-order valence-electron chi connectivity index (χ3n) is 1.60. The Morgan fingerprint density at radius 2 is 2.42 bits per heavy atom. The van der Waals surface area contributed by atoms with Gasteiger partial charge in [-0.15, -0.1) is 11.6 Å². The first-order valence-corrected chi connectivity index (χ1v) is 5.34. The first kappa shape index (κ1) is 10.2. The molecule has 1 unspecified atom stereocenters. The second-order valence-electron chi connectivity index (χ2n) is 2.53. The zero-order valence-electron chi connectivity index (χ0n) is 6.80. The van der Waals surface area contributed by atoms with Crippen LogP contribution in [-0.4, -0.2) is 15.3 Å². The van der Waals surface area contributed by atoms with E-state index in [2.05, 4.69) is 39.5 Å². The van der Waals surface area contributed by atoms with Crippen LogP contribution in [0.2, 0.25) is 0 Å². The molecule has 0 radical (unpaired) electrons. The van der Waals surface area contributed by atoms with Gasteiger partial charge in [-0.1, -0.05) is 6.92 Å².